The van der Waals surface area contributed by atoms with E-state index in [1.165, 1.54) is 43.3 Å². The van der Waals surface area contributed by atoms with E-state index in [0.717, 1.165) is 0 Å². The number of para-hydroxylation sites is 1. The zero-order chi connectivity index (χ0) is 17.5. The number of quaternary nitrogens is 1. The molecule has 0 spiro atoms. The molecule has 0 unspecified atom stereocenters. The van der Waals surface area contributed by atoms with Crippen LogP contribution in [0, 0.1) is 13.8 Å². The molecule has 2 rings (SSSR count). The van der Waals surface area contributed by atoms with Crippen LogP contribution in [0.1, 0.15) is 11.1 Å². The minimum absolute atomic E-state index is 0.277. The molecule has 0 aliphatic rings. The normalized spacial score (nSPS) is 13.0. The molecule has 2 aromatic carbocycles. The monoisotopic (exact) mass is 358 g/mol. The molecular formula is C14H16NO6S2+. The van der Waals surface area contributed by atoms with E-state index in [4.69, 9.17) is 0 Å². The predicted molar refractivity (Wildman–Crippen MR) is 86.9 cm³/mol. The second-order valence-corrected chi connectivity index (χ2v) is 8.12. The number of rotatable bonds is 4. The highest BCUT2D eigenvalue weighted by atomic mass is 32.3. The van der Waals surface area contributed by atoms with Crippen LogP contribution < -0.4 is 3.29 Å². The van der Waals surface area contributed by atoms with Gasteiger partial charge in [-0.05, 0) is 22.7 Å². The van der Waals surface area contributed by atoms with Crippen molar-refractivity contribution in [1.82, 2.24) is 3.29 Å². The number of hydrogen-bond donors (Lipinski definition) is 2. The summed E-state index contributed by atoms with van der Waals surface area (Å²) in [5, 5.41) is 0. The van der Waals surface area contributed by atoms with Crippen molar-refractivity contribution in [3.05, 3.63) is 59.7 Å². The quantitative estimate of drug-likeness (QED) is 0.642. The highest BCUT2D eigenvalue weighted by Crippen LogP contribution is 2.43. The summed E-state index contributed by atoms with van der Waals surface area (Å²) in [5.41, 5.74) is 0.312. The molecule has 9 heteroatoms. The molecule has 0 saturated carbocycles. The fourth-order valence-electron chi connectivity index (χ4n) is 2.45. The molecule has 0 atom stereocenters. The van der Waals surface area contributed by atoms with Crippen LogP contribution in [0.15, 0.2) is 48.5 Å². The average molecular weight is 358 g/mol. The van der Waals surface area contributed by atoms with E-state index < -0.39 is 23.9 Å². The maximum Gasteiger partial charge on any atom is 0.459 e. The van der Waals surface area contributed by atoms with Gasteiger partial charge in [-0.2, -0.15) is 0 Å². The number of aryl methyl sites for hydroxylation is 1. The lowest BCUT2D eigenvalue weighted by Gasteiger charge is -2.29. The molecule has 124 valence electrons. The number of hydrogen-bond acceptors (Lipinski definition) is 4. The topological polar surface area (TPSA) is 109 Å². The van der Waals surface area contributed by atoms with Crippen molar-refractivity contribution in [2.45, 2.75) is 13.8 Å². The van der Waals surface area contributed by atoms with Gasteiger partial charge in [0.25, 0.3) is 0 Å². The Morgan fingerprint density at radius 1 is 0.783 bits per heavy atom. The SMILES string of the molecule is Cc1cccc([N+](c2ccccc2)(S(=O)(=O)O)S(=O)(=O)O)c1C. The molecule has 0 radical (unpaired) electrons. The molecule has 2 aromatic rings. The molecule has 0 saturated heterocycles. The van der Waals surface area contributed by atoms with Crippen molar-refractivity contribution in [2.24, 2.45) is 0 Å². The third kappa shape index (κ3) is 2.66. The lowest BCUT2D eigenvalue weighted by atomic mass is 10.1. The Bertz CT molecular complexity index is 904. The van der Waals surface area contributed by atoms with E-state index in [9.17, 15) is 25.9 Å². The van der Waals surface area contributed by atoms with E-state index in [0.29, 0.717) is 11.1 Å². The van der Waals surface area contributed by atoms with E-state index in [1.54, 1.807) is 19.1 Å². The molecule has 2 N–H and O–H groups in total. The Labute approximate surface area is 135 Å². The van der Waals surface area contributed by atoms with E-state index in [-0.39, 0.29) is 11.4 Å². The van der Waals surface area contributed by atoms with Gasteiger partial charge in [-0.1, -0.05) is 30.3 Å². The molecule has 23 heavy (non-hydrogen) atoms. The van der Waals surface area contributed by atoms with Gasteiger partial charge in [0.15, 0.2) is 11.4 Å². The van der Waals surface area contributed by atoms with Gasteiger partial charge < -0.3 is 0 Å². The minimum atomic E-state index is -5.33. The summed E-state index contributed by atoms with van der Waals surface area (Å²) in [7, 11) is -10.7. The van der Waals surface area contributed by atoms with Crippen LogP contribution in [0.25, 0.3) is 0 Å². The van der Waals surface area contributed by atoms with Crippen LogP contribution in [0.3, 0.4) is 0 Å². The summed E-state index contributed by atoms with van der Waals surface area (Å²) in [5.74, 6) is 0. The highest BCUT2D eigenvalue weighted by molar-refractivity contribution is 8.02. The smallest absolute Gasteiger partial charge is 0.240 e. The molecule has 0 aromatic heterocycles. The summed E-state index contributed by atoms with van der Waals surface area (Å²) in [6.45, 7) is 3.17. The van der Waals surface area contributed by atoms with Gasteiger partial charge in [0.2, 0.25) is 0 Å². The zero-order valence-electron chi connectivity index (χ0n) is 12.4. The van der Waals surface area contributed by atoms with Crippen molar-refractivity contribution < 1.29 is 25.9 Å². The number of nitrogens with zero attached hydrogens (tertiary/aromatic N) is 1. The highest BCUT2D eigenvalue weighted by Gasteiger charge is 2.58. The molecular weight excluding hydrogens is 342 g/mol. The van der Waals surface area contributed by atoms with Gasteiger partial charge in [-0.3, -0.25) is 0 Å². The van der Waals surface area contributed by atoms with Gasteiger partial charge in [0.05, 0.1) is 0 Å². The fourth-order valence-corrected chi connectivity index (χ4v) is 5.07. The van der Waals surface area contributed by atoms with Crippen molar-refractivity contribution in [3.8, 4) is 0 Å². The van der Waals surface area contributed by atoms with E-state index in [2.05, 4.69) is 0 Å². The first-order valence-electron chi connectivity index (χ1n) is 6.50. The Kier molecular flexibility index (Phi) is 4.35. The Morgan fingerprint density at radius 2 is 1.30 bits per heavy atom. The summed E-state index contributed by atoms with van der Waals surface area (Å²) in [6.07, 6.45) is 0. The lowest BCUT2D eigenvalue weighted by Crippen LogP contribution is -2.53. The Morgan fingerprint density at radius 3 is 1.78 bits per heavy atom. The first-order chi connectivity index (χ1) is 10.5. The van der Waals surface area contributed by atoms with Crippen molar-refractivity contribution >= 4 is 32.0 Å². The summed E-state index contributed by atoms with van der Waals surface area (Å²) in [4.78, 5) is 0. The van der Waals surface area contributed by atoms with E-state index in [1.807, 2.05) is 0 Å². The van der Waals surface area contributed by atoms with Crippen LogP contribution in [0.4, 0.5) is 11.4 Å². The van der Waals surface area contributed by atoms with Gasteiger partial charge in [0.1, 0.15) is 0 Å². The molecule has 0 amide bonds. The Hall–Kier alpha value is -1.78. The zero-order valence-corrected chi connectivity index (χ0v) is 14.0. The number of benzene rings is 2. The standard InChI is InChI=1S/C14H15NO6S2/c1-11-7-6-10-14(12(11)2)15(22(16,17)18,23(19,20)21)13-8-4-3-5-9-13/h3-10H,1-2H3,(H-,16,17,18,19,20,21)/p+1. The summed E-state index contributed by atoms with van der Waals surface area (Å²) >= 11 is 0. The van der Waals surface area contributed by atoms with Gasteiger partial charge in [-0.15, -0.1) is 16.8 Å². The van der Waals surface area contributed by atoms with Crippen LogP contribution in [-0.4, -0.2) is 25.9 Å². The van der Waals surface area contributed by atoms with Crippen molar-refractivity contribution in [2.75, 3.05) is 0 Å². The fraction of sp³-hybridized carbons (Fsp3) is 0.143. The van der Waals surface area contributed by atoms with Crippen LogP contribution in [-0.2, 0) is 20.6 Å². The summed E-state index contributed by atoms with van der Waals surface area (Å²) < 4.78 is 66.1. The van der Waals surface area contributed by atoms with Crippen molar-refractivity contribution in [3.63, 3.8) is 0 Å². The summed E-state index contributed by atoms with van der Waals surface area (Å²) in [6, 6.07) is 11.1. The molecule has 0 bridgehead atoms. The van der Waals surface area contributed by atoms with Crippen molar-refractivity contribution in [1.29, 1.82) is 0 Å². The maximum atomic E-state index is 12.2. The van der Waals surface area contributed by atoms with Crippen LogP contribution in [0.2, 0.25) is 0 Å². The largest absolute Gasteiger partial charge is 0.459 e. The minimum Gasteiger partial charge on any atom is -0.240 e. The molecule has 0 aliphatic heterocycles. The molecule has 0 heterocycles. The second kappa shape index (κ2) is 5.69. The first kappa shape index (κ1) is 17.6. The van der Waals surface area contributed by atoms with Crippen LogP contribution in [0.5, 0.6) is 0 Å². The van der Waals surface area contributed by atoms with Gasteiger partial charge >= 0.3 is 20.6 Å². The second-order valence-electron chi connectivity index (χ2n) is 5.00. The molecule has 0 aliphatic carbocycles. The van der Waals surface area contributed by atoms with Gasteiger partial charge in [0, 0.05) is 23.8 Å². The first-order valence-corrected chi connectivity index (χ1v) is 9.29. The maximum absolute atomic E-state index is 12.2. The average Bonchev–Trinajstić information content (AvgIpc) is 2.42. The lowest BCUT2D eigenvalue weighted by molar-refractivity contribution is 0.413. The van der Waals surface area contributed by atoms with E-state index >= 15 is 0 Å². The molecule has 7 nitrogen and oxygen atoms in total. The Balaban J connectivity index is 3.12. The molecule has 0 fully saturated rings. The van der Waals surface area contributed by atoms with Gasteiger partial charge in [-0.25, -0.2) is 9.11 Å². The third-order valence-electron chi connectivity index (χ3n) is 3.64. The third-order valence-corrected chi connectivity index (χ3v) is 6.88. The van der Waals surface area contributed by atoms with Crippen LogP contribution >= 0.6 is 0 Å². The predicted octanol–water partition coefficient (Wildman–Crippen LogP) is 2.55.